The maximum Gasteiger partial charge on any atom is 0.368 e. The first kappa shape index (κ1) is 21.2. The molecule has 3 aromatic carbocycles. The van der Waals surface area contributed by atoms with Crippen molar-refractivity contribution in [3.8, 4) is 34.1 Å². The predicted molar refractivity (Wildman–Crippen MR) is 121 cm³/mol. The quantitative estimate of drug-likeness (QED) is 0.444. The van der Waals surface area contributed by atoms with Crippen LogP contribution >= 0.6 is 0 Å². The first-order chi connectivity index (χ1) is 15.5. The molecule has 4 rings (SSSR count). The number of benzene rings is 3. The second kappa shape index (κ2) is 8.97. The SMILES string of the molecule is COc1ccc(-c2ccc(OCc3c(OC)cccc3-n3nnn(C)c3=O)c(C)c2)cc1. The monoisotopic (exact) mass is 432 g/mol. The molecular weight excluding hydrogens is 408 g/mol. The van der Waals surface area contributed by atoms with Crippen molar-refractivity contribution in [2.24, 2.45) is 7.05 Å². The lowest BCUT2D eigenvalue weighted by Gasteiger charge is -2.15. The average Bonchev–Trinajstić information content (AvgIpc) is 3.16. The van der Waals surface area contributed by atoms with E-state index in [4.69, 9.17) is 14.2 Å². The number of rotatable bonds is 7. The Kier molecular flexibility index (Phi) is 5.93. The Bertz CT molecular complexity index is 1290. The first-order valence-electron chi connectivity index (χ1n) is 10.0. The number of ether oxygens (including phenoxy) is 3. The van der Waals surface area contributed by atoms with Crippen molar-refractivity contribution in [1.29, 1.82) is 0 Å². The molecule has 1 aromatic heterocycles. The van der Waals surface area contributed by atoms with Gasteiger partial charge in [-0.05, 0) is 70.4 Å². The highest BCUT2D eigenvalue weighted by atomic mass is 16.5. The molecular formula is C24H24N4O4. The van der Waals surface area contributed by atoms with E-state index in [1.807, 2.05) is 49.4 Å². The number of methoxy groups -OCH3 is 2. The zero-order valence-corrected chi connectivity index (χ0v) is 18.4. The fourth-order valence-electron chi connectivity index (χ4n) is 3.48. The van der Waals surface area contributed by atoms with E-state index in [0.717, 1.165) is 28.2 Å². The predicted octanol–water partition coefficient (Wildman–Crippen LogP) is 3.54. The summed E-state index contributed by atoms with van der Waals surface area (Å²) in [6, 6.07) is 19.4. The lowest BCUT2D eigenvalue weighted by atomic mass is 10.0. The summed E-state index contributed by atoms with van der Waals surface area (Å²) in [5, 5.41) is 7.75. The number of tetrazole rings is 1. The molecule has 0 N–H and O–H groups in total. The van der Waals surface area contributed by atoms with Crippen LogP contribution in [0.3, 0.4) is 0 Å². The zero-order chi connectivity index (χ0) is 22.7. The van der Waals surface area contributed by atoms with Gasteiger partial charge in [-0.3, -0.25) is 0 Å². The van der Waals surface area contributed by atoms with E-state index in [9.17, 15) is 4.79 Å². The van der Waals surface area contributed by atoms with Gasteiger partial charge in [-0.15, -0.1) is 0 Å². The van der Waals surface area contributed by atoms with E-state index in [-0.39, 0.29) is 12.3 Å². The molecule has 0 aliphatic carbocycles. The summed E-state index contributed by atoms with van der Waals surface area (Å²) < 4.78 is 19.3. The summed E-state index contributed by atoms with van der Waals surface area (Å²) in [4.78, 5) is 12.4. The van der Waals surface area contributed by atoms with Gasteiger partial charge in [-0.2, -0.15) is 9.36 Å². The summed E-state index contributed by atoms with van der Waals surface area (Å²) in [6.45, 7) is 2.20. The Morgan fingerprint density at radius 1 is 0.875 bits per heavy atom. The van der Waals surface area contributed by atoms with Crippen molar-refractivity contribution in [2.75, 3.05) is 14.2 Å². The molecule has 0 aliphatic heterocycles. The molecule has 0 radical (unpaired) electrons. The third kappa shape index (κ3) is 4.07. The summed E-state index contributed by atoms with van der Waals surface area (Å²) in [5.74, 6) is 2.17. The molecule has 0 saturated heterocycles. The molecule has 32 heavy (non-hydrogen) atoms. The third-order valence-corrected chi connectivity index (χ3v) is 5.25. The van der Waals surface area contributed by atoms with Gasteiger partial charge in [-0.1, -0.05) is 24.3 Å². The fraction of sp³-hybridized carbons (Fsp3) is 0.208. The van der Waals surface area contributed by atoms with Crippen LogP contribution in [-0.2, 0) is 13.7 Å². The van der Waals surface area contributed by atoms with Crippen LogP contribution in [0.25, 0.3) is 16.8 Å². The minimum absolute atomic E-state index is 0.199. The third-order valence-electron chi connectivity index (χ3n) is 5.25. The Morgan fingerprint density at radius 3 is 2.25 bits per heavy atom. The van der Waals surface area contributed by atoms with E-state index in [1.54, 1.807) is 33.4 Å². The summed E-state index contributed by atoms with van der Waals surface area (Å²) in [7, 11) is 4.78. The Labute approximate surface area is 185 Å². The largest absolute Gasteiger partial charge is 0.497 e. The molecule has 8 heteroatoms. The summed E-state index contributed by atoms with van der Waals surface area (Å²) in [6.07, 6.45) is 0. The van der Waals surface area contributed by atoms with E-state index >= 15 is 0 Å². The lowest BCUT2D eigenvalue weighted by molar-refractivity contribution is 0.294. The van der Waals surface area contributed by atoms with Gasteiger partial charge < -0.3 is 14.2 Å². The highest BCUT2D eigenvalue weighted by molar-refractivity contribution is 5.66. The number of hydrogen-bond acceptors (Lipinski definition) is 6. The molecule has 0 atom stereocenters. The van der Waals surface area contributed by atoms with Crippen LogP contribution in [0.5, 0.6) is 17.2 Å². The number of aromatic nitrogens is 4. The molecule has 0 aliphatic rings. The lowest BCUT2D eigenvalue weighted by Crippen LogP contribution is -2.23. The van der Waals surface area contributed by atoms with Crippen LogP contribution in [0.4, 0.5) is 0 Å². The van der Waals surface area contributed by atoms with Crippen molar-refractivity contribution >= 4 is 0 Å². The fourth-order valence-corrected chi connectivity index (χ4v) is 3.48. The van der Waals surface area contributed by atoms with Gasteiger partial charge in [0.15, 0.2) is 0 Å². The highest BCUT2D eigenvalue weighted by Crippen LogP contribution is 2.30. The first-order valence-corrected chi connectivity index (χ1v) is 10.0. The topological polar surface area (TPSA) is 80.4 Å². The van der Waals surface area contributed by atoms with Crippen molar-refractivity contribution in [3.05, 3.63) is 82.3 Å². The van der Waals surface area contributed by atoms with Crippen molar-refractivity contribution in [3.63, 3.8) is 0 Å². The van der Waals surface area contributed by atoms with Crippen LogP contribution in [0.1, 0.15) is 11.1 Å². The minimum atomic E-state index is -0.348. The molecule has 0 amide bonds. The molecule has 1 heterocycles. The van der Waals surface area contributed by atoms with Gasteiger partial charge in [0, 0.05) is 7.05 Å². The van der Waals surface area contributed by atoms with Crippen LogP contribution in [0, 0.1) is 6.92 Å². The van der Waals surface area contributed by atoms with E-state index in [1.165, 1.54) is 9.36 Å². The number of aryl methyl sites for hydroxylation is 2. The van der Waals surface area contributed by atoms with Crippen molar-refractivity contribution in [2.45, 2.75) is 13.5 Å². The summed E-state index contributed by atoms with van der Waals surface area (Å²) >= 11 is 0. The van der Waals surface area contributed by atoms with Crippen LogP contribution in [-0.4, -0.2) is 34.0 Å². The van der Waals surface area contributed by atoms with Gasteiger partial charge in [-0.25, -0.2) is 4.79 Å². The normalized spacial score (nSPS) is 10.8. The molecule has 0 saturated carbocycles. The molecule has 0 unspecified atom stereocenters. The Balaban J connectivity index is 1.61. The second-order valence-corrected chi connectivity index (χ2v) is 7.25. The van der Waals surface area contributed by atoms with Crippen LogP contribution in [0.2, 0.25) is 0 Å². The molecule has 8 nitrogen and oxygen atoms in total. The van der Waals surface area contributed by atoms with E-state index in [2.05, 4.69) is 16.5 Å². The Hall–Kier alpha value is -4.07. The highest BCUT2D eigenvalue weighted by Gasteiger charge is 2.16. The second-order valence-electron chi connectivity index (χ2n) is 7.25. The van der Waals surface area contributed by atoms with Gasteiger partial charge in [0.25, 0.3) is 0 Å². The van der Waals surface area contributed by atoms with Crippen molar-refractivity contribution < 1.29 is 14.2 Å². The van der Waals surface area contributed by atoms with Gasteiger partial charge in [0.1, 0.15) is 23.9 Å². The molecule has 0 spiro atoms. The van der Waals surface area contributed by atoms with Gasteiger partial charge in [0.05, 0.1) is 25.5 Å². The smallest absolute Gasteiger partial charge is 0.368 e. The Morgan fingerprint density at radius 2 is 1.62 bits per heavy atom. The van der Waals surface area contributed by atoms with Gasteiger partial charge >= 0.3 is 5.69 Å². The molecule has 0 bridgehead atoms. The number of nitrogens with zero attached hydrogens (tertiary/aromatic N) is 4. The molecule has 4 aromatic rings. The van der Waals surface area contributed by atoms with E-state index in [0.29, 0.717) is 17.0 Å². The average molecular weight is 432 g/mol. The molecule has 0 fully saturated rings. The minimum Gasteiger partial charge on any atom is -0.497 e. The number of hydrogen-bond donors (Lipinski definition) is 0. The van der Waals surface area contributed by atoms with Crippen LogP contribution < -0.4 is 19.9 Å². The van der Waals surface area contributed by atoms with Crippen LogP contribution in [0.15, 0.2) is 65.5 Å². The molecule has 164 valence electrons. The van der Waals surface area contributed by atoms with E-state index < -0.39 is 0 Å². The zero-order valence-electron chi connectivity index (χ0n) is 18.4. The van der Waals surface area contributed by atoms with Gasteiger partial charge in [0.2, 0.25) is 0 Å². The summed E-state index contributed by atoms with van der Waals surface area (Å²) in [5.41, 5.74) is 4.09. The van der Waals surface area contributed by atoms with Crippen molar-refractivity contribution in [1.82, 2.24) is 19.8 Å². The maximum atomic E-state index is 12.4. The maximum absolute atomic E-state index is 12.4. The standard InChI is InChI=1S/C24H24N4O4/c1-16-14-18(17-8-11-19(30-3)12-9-17)10-13-22(16)32-15-20-21(6-5-7-23(20)31-4)28-24(29)27(2)25-26-28/h5-14H,15H2,1-4H3.